The Bertz CT molecular complexity index is 546. The Hall–Kier alpha value is -0.840. The van der Waals surface area contributed by atoms with Crippen LogP contribution in [0.2, 0.25) is 0 Å². The lowest BCUT2D eigenvalue weighted by molar-refractivity contribution is -0.132. The predicted octanol–water partition coefficient (Wildman–Crippen LogP) is 3.87. The van der Waals surface area contributed by atoms with E-state index in [1.807, 2.05) is 30.8 Å². The maximum absolute atomic E-state index is 12.2. The number of anilines is 1. The van der Waals surface area contributed by atoms with Crippen LogP contribution in [0.25, 0.3) is 0 Å². The molecule has 0 bridgehead atoms. The number of rotatable bonds is 6. The Morgan fingerprint density at radius 1 is 1.15 bits per heavy atom. The Balaban J connectivity index is 0.00000338. The van der Waals surface area contributed by atoms with Gasteiger partial charge >= 0.3 is 6.18 Å². The molecular weight excluding hydrogens is 476 g/mol. The fourth-order valence-corrected chi connectivity index (χ4v) is 3.37. The van der Waals surface area contributed by atoms with E-state index in [0.717, 1.165) is 30.2 Å². The number of benzene rings is 1. The van der Waals surface area contributed by atoms with Gasteiger partial charge in [0.2, 0.25) is 0 Å². The quantitative estimate of drug-likeness (QED) is 0.352. The third-order valence-electron chi connectivity index (χ3n) is 3.78. The number of hydrogen-bond acceptors (Lipinski definition) is 3. The molecule has 1 saturated heterocycles. The summed E-state index contributed by atoms with van der Waals surface area (Å²) in [4.78, 5) is 6.72. The van der Waals surface area contributed by atoms with E-state index in [9.17, 15) is 13.2 Å². The van der Waals surface area contributed by atoms with E-state index >= 15 is 0 Å². The molecule has 0 saturated carbocycles. The normalized spacial score (nSPS) is 15.4. The van der Waals surface area contributed by atoms with Gasteiger partial charge in [-0.25, -0.2) is 4.99 Å². The molecular formula is C17H26F3IN4S. The van der Waals surface area contributed by atoms with Crippen molar-refractivity contribution in [3.63, 3.8) is 0 Å². The van der Waals surface area contributed by atoms with Crippen LogP contribution in [-0.4, -0.2) is 49.8 Å². The topological polar surface area (TPSA) is 39.7 Å². The van der Waals surface area contributed by atoms with Crippen LogP contribution in [0.4, 0.5) is 18.9 Å². The molecule has 0 radical (unpaired) electrons. The van der Waals surface area contributed by atoms with Crippen LogP contribution < -0.4 is 15.5 Å². The zero-order valence-electron chi connectivity index (χ0n) is 14.8. The van der Waals surface area contributed by atoms with Gasteiger partial charge in [-0.2, -0.15) is 24.9 Å². The molecule has 148 valence electrons. The molecule has 1 aliphatic rings. The molecule has 0 aliphatic carbocycles. The first-order valence-corrected chi connectivity index (χ1v) is 9.64. The minimum Gasteiger partial charge on any atom is -0.370 e. The van der Waals surface area contributed by atoms with Crippen LogP contribution in [0.15, 0.2) is 29.3 Å². The standard InChI is InChI=1S/C17H25F3N4S.HI/c1-2-21-16(22-8-7-17(18,19)20)23-13-14-3-5-15(6-4-14)24-9-11-25-12-10-24;/h3-6H,2,7-13H2,1H3,(H2,21,22,23);1H. The number of alkyl halides is 3. The molecule has 2 N–H and O–H groups in total. The fourth-order valence-electron chi connectivity index (χ4n) is 2.47. The highest BCUT2D eigenvalue weighted by Crippen LogP contribution is 2.20. The van der Waals surface area contributed by atoms with Crippen molar-refractivity contribution in [3.8, 4) is 0 Å². The maximum Gasteiger partial charge on any atom is 0.390 e. The highest BCUT2D eigenvalue weighted by Gasteiger charge is 2.26. The summed E-state index contributed by atoms with van der Waals surface area (Å²) in [6.07, 6.45) is -5.03. The summed E-state index contributed by atoms with van der Waals surface area (Å²) < 4.78 is 36.7. The highest BCUT2D eigenvalue weighted by molar-refractivity contribution is 14.0. The van der Waals surface area contributed by atoms with Crippen LogP contribution in [0.3, 0.4) is 0 Å². The van der Waals surface area contributed by atoms with Crippen molar-refractivity contribution in [2.75, 3.05) is 42.6 Å². The number of nitrogens with one attached hydrogen (secondary N) is 2. The monoisotopic (exact) mass is 502 g/mol. The lowest BCUT2D eigenvalue weighted by Crippen LogP contribution is -2.38. The Kier molecular flexibility index (Phi) is 10.5. The molecule has 1 aromatic carbocycles. The van der Waals surface area contributed by atoms with E-state index in [-0.39, 0.29) is 30.5 Å². The molecule has 1 aliphatic heterocycles. The number of nitrogens with zero attached hydrogens (tertiary/aromatic N) is 2. The fraction of sp³-hybridized carbons (Fsp3) is 0.588. The van der Waals surface area contributed by atoms with Gasteiger partial charge in [0.25, 0.3) is 0 Å². The zero-order chi connectivity index (χ0) is 18.1. The molecule has 2 rings (SSSR count). The first kappa shape index (κ1) is 23.2. The lowest BCUT2D eigenvalue weighted by atomic mass is 10.2. The molecule has 26 heavy (non-hydrogen) atoms. The molecule has 1 fully saturated rings. The lowest BCUT2D eigenvalue weighted by Gasteiger charge is -2.28. The summed E-state index contributed by atoms with van der Waals surface area (Å²) in [5, 5.41) is 5.68. The minimum atomic E-state index is -4.16. The van der Waals surface area contributed by atoms with Gasteiger partial charge < -0.3 is 15.5 Å². The minimum absolute atomic E-state index is 0. The van der Waals surface area contributed by atoms with Crippen LogP contribution in [-0.2, 0) is 6.54 Å². The van der Waals surface area contributed by atoms with E-state index in [4.69, 9.17) is 0 Å². The van der Waals surface area contributed by atoms with Crippen LogP contribution in [0, 0.1) is 0 Å². The Morgan fingerprint density at radius 3 is 2.38 bits per heavy atom. The van der Waals surface area contributed by atoms with Crippen LogP contribution >= 0.6 is 35.7 Å². The maximum atomic E-state index is 12.2. The van der Waals surface area contributed by atoms with E-state index in [1.165, 1.54) is 5.69 Å². The molecule has 1 heterocycles. The average Bonchev–Trinajstić information content (AvgIpc) is 2.60. The van der Waals surface area contributed by atoms with Crippen LogP contribution in [0.5, 0.6) is 0 Å². The van der Waals surface area contributed by atoms with Crippen LogP contribution in [0.1, 0.15) is 18.9 Å². The summed E-state index contributed by atoms with van der Waals surface area (Å²) >= 11 is 1.98. The number of aliphatic imine (C=N–C) groups is 1. The highest BCUT2D eigenvalue weighted by atomic mass is 127. The van der Waals surface area contributed by atoms with Gasteiger partial charge in [-0.1, -0.05) is 12.1 Å². The largest absolute Gasteiger partial charge is 0.390 e. The van der Waals surface area contributed by atoms with Crippen molar-refractivity contribution >= 4 is 47.4 Å². The first-order chi connectivity index (χ1) is 12.0. The number of guanidine groups is 1. The van der Waals surface area contributed by atoms with E-state index < -0.39 is 12.6 Å². The Morgan fingerprint density at radius 2 is 1.81 bits per heavy atom. The van der Waals surface area contributed by atoms with Crippen molar-refractivity contribution in [2.24, 2.45) is 4.99 Å². The molecule has 0 atom stereocenters. The number of thioether (sulfide) groups is 1. The smallest absolute Gasteiger partial charge is 0.370 e. The SMILES string of the molecule is CCNC(=NCc1ccc(N2CCSCC2)cc1)NCCC(F)(F)F.I. The van der Waals surface area contributed by atoms with Gasteiger partial charge in [0.05, 0.1) is 13.0 Å². The van der Waals surface area contributed by atoms with Gasteiger partial charge in [-0.15, -0.1) is 24.0 Å². The first-order valence-electron chi connectivity index (χ1n) is 8.48. The second-order valence-electron chi connectivity index (χ2n) is 5.75. The molecule has 0 unspecified atom stereocenters. The van der Waals surface area contributed by atoms with Crippen molar-refractivity contribution in [2.45, 2.75) is 26.1 Å². The molecule has 4 nitrogen and oxygen atoms in total. The second kappa shape index (κ2) is 11.8. The summed E-state index contributed by atoms with van der Waals surface area (Å²) in [5.41, 5.74) is 2.24. The molecule has 9 heteroatoms. The summed E-state index contributed by atoms with van der Waals surface area (Å²) in [6.45, 7) is 4.86. The summed E-state index contributed by atoms with van der Waals surface area (Å²) in [5.74, 6) is 2.72. The van der Waals surface area contributed by atoms with Gasteiger partial charge in [0, 0.05) is 43.4 Å². The van der Waals surface area contributed by atoms with Crippen molar-refractivity contribution < 1.29 is 13.2 Å². The van der Waals surface area contributed by atoms with Gasteiger partial charge in [-0.05, 0) is 24.6 Å². The average molecular weight is 502 g/mol. The summed E-state index contributed by atoms with van der Waals surface area (Å²) in [7, 11) is 0. The van der Waals surface area contributed by atoms with Gasteiger partial charge in [-0.3, -0.25) is 0 Å². The van der Waals surface area contributed by atoms with Crippen molar-refractivity contribution in [3.05, 3.63) is 29.8 Å². The molecule has 1 aromatic rings. The van der Waals surface area contributed by atoms with Crippen molar-refractivity contribution in [1.29, 1.82) is 0 Å². The van der Waals surface area contributed by atoms with E-state index in [2.05, 4.69) is 32.7 Å². The van der Waals surface area contributed by atoms with E-state index in [0.29, 0.717) is 19.0 Å². The molecule has 0 spiro atoms. The van der Waals surface area contributed by atoms with Crippen molar-refractivity contribution in [1.82, 2.24) is 10.6 Å². The third-order valence-corrected chi connectivity index (χ3v) is 4.72. The molecule has 0 amide bonds. The van der Waals surface area contributed by atoms with Gasteiger partial charge in [0.15, 0.2) is 5.96 Å². The third kappa shape index (κ3) is 8.70. The number of hydrogen-bond donors (Lipinski definition) is 2. The summed E-state index contributed by atoms with van der Waals surface area (Å²) in [6, 6.07) is 8.23. The number of halogens is 4. The Labute approximate surface area is 174 Å². The second-order valence-corrected chi connectivity index (χ2v) is 6.98. The van der Waals surface area contributed by atoms with E-state index in [1.54, 1.807) is 0 Å². The molecule has 0 aromatic heterocycles. The zero-order valence-corrected chi connectivity index (χ0v) is 18.0. The van der Waals surface area contributed by atoms with Gasteiger partial charge in [0.1, 0.15) is 0 Å². The predicted molar refractivity (Wildman–Crippen MR) is 115 cm³/mol.